The summed E-state index contributed by atoms with van der Waals surface area (Å²) in [5, 5.41) is 0. The summed E-state index contributed by atoms with van der Waals surface area (Å²) >= 11 is -0.556. The molecule has 0 nitrogen and oxygen atoms in total. The maximum absolute atomic E-state index is 4.89. The van der Waals surface area contributed by atoms with Crippen molar-refractivity contribution in [2.75, 3.05) is 0 Å². The van der Waals surface area contributed by atoms with Gasteiger partial charge in [-0.1, -0.05) is 49.8 Å². The fraction of sp³-hybridized carbons (Fsp3) is 0.250. The SMILES string of the molecule is CCC[C]1C=Cc2ccccc21.[Cl][Ti][Cl]. The van der Waals surface area contributed by atoms with Crippen LogP contribution in [0.1, 0.15) is 30.9 Å². The predicted octanol–water partition coefficient (Wildman–Crippen LogP) is 4.81. The normalized spacial score (nSPS) is 13.0. The first kappa shape index (κ1) is 13.3. The molecule has 1 aromatic rings. The zero-order valence-corrected chi connectivity index (χ0v) is 11.7. The summed E-state index contributed by atoms with van der Waals surface area (Å²) in [4.78, 5) is 0. The van der Waals surface area contributed by atoms with Crippen LogP contribution in [0, 0.1) is 5.92 Å². The van der Waals surface area contributed by atoms with Gasteiger partial charge in [-0.05, 0) is 17.5 Å². The van der Waals surface area contributed by atoms with Gasteiger partial charge in [0.05, 0.1) is 0 Å². The Balaban J connectivity index is 0.000000337. The Labute approximate surface area is 108 Å². The molecule has 0 unspecified atom stereocenters. The van der Waals surface area contributed by atoms with Gasteiger partial charge < -0.3 is 0 Å². The van der Waals surface area contributed by atoms with Crippen LogP contribution in [0.15, 0.2) is 30.3 Å². The van der Waals surface area contributed by atoms with Crippen molar-refractivity contribution in [2.24, 2.45) is 0 Å². The minimum atomic E-state index is -0.556. The molecular weight excluding hydrogens is 263 g/mol. The third-order valence-corrected chi connectivity index (χ3v) is 2.29. The first-order chi connectivity index (χ1) is 7.33. The van der Waals surface area contributed by atoms with Gasteiger partial charge in [0.25, 0.3) is 0 Å². The topological polar surface area (TPSA) is 0 Å². The molecule has 0 saturated heterocycles. The van der Waals surface area contributed by atoms with Crippen LogP contribution >= 0.6 is 18.6 Å². The number of fused-ring (bicyclic) bond motifs is 1. The molecule has 1 radical (unpaired) electrons. The fourth-order valence-electron chi connectivity index (χ4n) is 1.70. The van der Waals surface area contributed by atoms with Gasteiger partial charge in [-0.15, -0.1) is 0 Å². The summed E-state index contributed by atoms with van der Waals surface area (Å²) in [5.41, 5.74) is 2.81. The second-order valence-corrected chi connectivity index (χ2v) is 5.85. The van der Waals surface area contributed by atoms with E-state index in [1.807, 2.05) is 0 Å². The molecule has 79 valence electrons. The molecule has 1 aliphatic rings. The minimum absolute atomic E-state index is 0.556. The molecule has 0 saturated carbocycles. The van der Waals surface area contributed by atoms with Crippen LogP contribution in [-0.2, 0) is 17.0 Å². The van der Waals surface area contributed by atoms with E-state index in [9.17, 15) is 0 Å². The Kier molecular flexibility index (Phi) is 6.67. The van der Waals surface area contributed by atoms with E-state index in [-0.39, 0.29) is 0 Å². The van der Waals surface area contributed by atoms with Crippen LogP contribution in [0.5, 0.6) is 0 Å². The summed E-state index contributed by atoms with van der Waals surface area (Å²) in [6.07, 6.45) is 6.88. The molecule has 0 N–H and O–H groups in total. The molecule has 0 aliphatic heterocycles. The monoisotopic (exact) mass is 275 g/mol. The molecule has 3 heteroatoms. The first-order valence-electron chi connectivity index (χ1n) is 4.93. The quantitative estimate of drug-likeness (QED) is 0.680. The number of rotatable bonds is 2. The molecule has 2 rings (SSSR count). The fourth-order valence-corrected chi connectivity index (χ4v) is 1.70. The van der Waals surface area contributed by atoms with Gasteiger partial charge in [0.1, 0.15) is 0 Å². The van der Waals surface area contributed by atoms with Gasteiger partial charge in [-0.3, -0.25) is 0 Å². The van der Waals surface area contributed by atoms with Crippen molar-refractivity contribution in [1.29, 1.82) is 0 Å². The maximum atomic E-state index is 4.89. The van der Waals surface area contributed by atoms with Crippen LogP contribution in [0.25, 0.3) is 6.08 Å². The first-order valence-corrected chi connectivity index (χ1v) is 9.22. The molecule has 1 aliphatic carbocycles. The zero-order chi connectivity index (χ0) is 11.1. The summed E-state index contributed by atoms with van der Waals surface area (Å²) < 4.78 is 0. The Bertz CT molecular complexity index is 323. The molecule has 0 spiro atoms. The van der Waals surface area contributed by atoms with E-state index in [1.165, 1.54) is 29.9 Å². The van der Waals surface area contributed by atoms with Gasteiger partial charge in [-0.25, -0.2) is 0 Å². The Hall–Kier alpha value is 0.254. The van der Waals surface area contributed by atoms with Gasteiger partial charge >= 0.3 is 35.6 Å². The molecule has 0 amide bonds. The van der Waals surface area contributed by atoms with E-state index in [2.05, 4.69) is 43.3 Å². The number of halogens is 2. The van der Waals surface area contributed by atoms with Crippen molar-refractivity contribution in [1.82, 2.24) is 0 Å². The van der Waals surface area contributed by atoms with Crippen LogP contribution in [-0.4, -0.2) is 0 Å². The van der Waals surface area contributed by atoms with Crippen molar-refractivity contribution in [3.8, 4) is 0 Å². The zero-order valence-electron chi connectivity index (χ0n) is 8.63. The Morgan fingerprint density at radius 1 is 1.13 bits per heavy atom. The number of allylic oxidation sites excluding steroid dienone is 1. The predicted molar refractivity (Wildman–Crippen MR) is 64.4 cm³/mol. The molecule has 0 heterocycles. The second-order valence-electron chi connectivity index (χ2n) is 3.27. The van der Waals surface area contributed by atoms with Crippen LogP contribution in [0.4, 0.5) is 0 Å². The second kappa shape index (κ2) is 7.51. The van der Waals surface area contributed by atoms with E-state index in [0.717, 1.165) is 0 Å². The Morgan fingerprint density at radius 2 is 1.80 bits per heavy atom. The van der Waals surface area contributed by atoms with Gasteiger partial charge in [-0.2, -0.15) is 0 Å². The van der Waals surface area contributed by atoms with E-state index >= 15 is 0 Å². The van der Waals surface area contributed by atoms with Crippen molar-refractivity contribution < 1.29 is 17.0 Å². The standard InChI is InChI=1S/C12H13.2ClH.Ti/c1-2-5-10-8-9-11-6-3-4-7-12(10)11;;;/h3-4,6-9H,2,5H2,1H3;2*1H;/q;;;+2/p-2. The number of hydrogen-bond donors (Lipinski definition) is 0. The molecule has 0 aromatic heterocycles. The number of benzene rings is 1. The third kappa shape index (κ3) is 3.96. The van der Waals surface area contributed by atoms with Crippen LogP contribution in [0.3, 0.4) is 0 Å². The van der Waals surface area contributed by atoms with Gasteiger partial charge in [0, 0.05) is 5.92 Å². The van der Waals surface area contributed by atoms with Crippen molar-refractivity contribution >= 4 is 24.7 Å². The average molecular weight is 276 g/mol. The van der Waals surface area contributed by atoms with E-state index < -0.39 is 17.0 Å². The van der Waals surface area contributed by atoms with Crippen molar-refractivity contribution in [3.63, 3.8) is 0 Å². The van der Waals surface area contributed by atoms with Crippen molar-refractivity contribution in [3.05, 3.63) is 47.4 Å². The molecule has 0 atom stereocenters. The molecule has 0 fully saturated rings. The summed E-state index contributed by atoms with van der Waals surface area (Å²) in [6.45, 7) is 2.22. The molecular formula is C12H13Cl2Ti. The summed E-state index contributed by atoms with van der Waals surface area (Å²) in [6, 6.07) is 8.59. The third-order valence-electron chi connectivity index (χ3n) is 2.29. The van der Waals surface area contributed by atoms with Crippen LogP contribution < -0.4 is 0 Å². The van der Waals surface area contributed by atoms with E-state index in [1.54, 1.807) is 0 Å². The van der Waals surface area contributed by atoms with Crippen LogP contribution in [0.2, 0.25) is 0 Å². The van der Waals surface area contributed by atoms with Gasteiger partial charge in [0.2, 0.25) is 0 Å². The van der Waals surface area contributed by atoms with Crippen molar-refractivity contribution in [2.45, 2.75) is 19.8 Å². The molecule has 15 heavy (non-hydrogen) atoms. The molecule has 0 bridgehead atoms. The summed E-state index contributed by atoms with van der Waals surface area (Å²) in [5.74, 6) is 1.49. The van der Waals surface area contributed by atoms with E-state index in [0.29, 0.717) is 0 Å². The average Bonchev–Trinajstić information content (AvgIpc) is 2.64. The number of hydrogen-bond acceptors (Lipinski definition) is 0. The molecule has 1 aromatic carbocycles. The Morgan fingerprint density at radius 3 is 2.47 bits per heavy atom. The summed E-state index contributed by atoms with van der Waals surface area (Å²) in [7, 11) is 9.78. The van der Waals surface area contributed by atoms with Gasteiger partial charge in [0.15, 0.2) is 0 Å². The van der Waals surface area contributed by atoms with E-state index in [4.69, 9.17) is 18.6 Å².